The van der Waals surface area contributed by atoms with E-state index in [-0.39, 0.29) is 18.1 Å². The molecular formula is C4H4Si2. The Bertz CT molecular complexity index is 130. The SMILES string of the molecule is C1#C[SiH2][SiH2]C#C1. The second-order valence-electron chi connectivity index (χ2n) is 1.10. The molecule has 0 aliphatic carbocycles. The lowest BCUT2D eigenvalue weighted by molar-refractivity contribution is 2.52. The van der Waals surface area contributed by atoms with Crippen LogP contribution in [0, 0.1) is 22.9 Å². The van der Waals surface area contributed by atoms with Crippen molar-refractivity contribution in [1.29, 1.82) is 0 Å². The number of rotatable bonds is 0. The molecular weight excluding hydrogens is 104 g/mol. The summed E-state index contributed by atoms with van der Waals surface area (Å²) in [5.74, 6) is 5.54. The first kappa shape index (κ1) is 3.73. The summed E-state index contributed by atoms with van der Waals surface area (Å²) in [5, 5.41) is 0. The lowest BCUT2D eigenvalue weighted by Gasteiger charge is -1.75. The van der Waals surface area contributed by atoms with Crippen LogP contribution in [-0.2, 0) is 0 Å². The van der Waals surface area contributed by atoms with Crippen molar-refractivity contribution in [3.05, 3.63) is 0 Å². The lowest BCUT2D eigenvalue weighted by Crippen LogP contribution is -1.99. The van der Waals surface area contributed by atoms with Gasteiger partial charge in [0.15, 0.2) is 0 Å². The van der Waals surface area contributed by atoms with Crippen LogP contribution in [0.25, 0.3) is 0 Å². The van der Waals surface area contributed by atoms with Gasteiger partial charge in [-0.05, 0) is 11.8 Å². The van der Waals surface area contributed by atoms with Gasteiger partial charge >= 0.3 is 0 Å². The van der Waals surface area contributed by atoms with E-state index >= 15 is 0 Å². The molecule has 0 saturated heterocycles. The average Bonchev–Trinajstić information content (AvgIpc) is 1.72. The van der Waals surface area contributed by atoms with Crippen molar-refractivity contribution in [2.45, 2.75) is 0 Å². The highest BCUT2D eigenvalue weighted by Crippen LogP contribution is 1.60. The molecule has 0 aromatic rings. The van der Waals surface area contributed by atoms with Crippen molar-refractivity contribution in [2.75, 3.05) is 0 Å². The van der Waals surface area contributed by atoms with E-state index in [1.54, 1.807) is 0 Å². The van der Waals surface area contributed by atoms with Crippen molar-refractivity contribution >= 4 is 18.1 Å². The van der Waals surface area contributed by atoms with Gasteiger partial charge in [-0.1, -0.05) is 0 Å². The van der Waals surface area contributed by atoms with Gasteiger partial charge < -0.3 is 0 Å². The molecule has 1 aliphatic heterocycles. The largest absolute Gasteiger partial charge is 0.128 e. The smallest absolute Gasteiger partial charge is 0.108 e. The molecule has 0 amide bonds. The summed E-state index contributed by atoms with van der Waals surface area (Å²) in [6, 6.07) is 0. The highest BCUT2D eigenvalue weighted by molar-refractivity contribution is 7.08. The topological polar surface area (TPSA) is 0 Å². The zero-order valence-electron chi connectivity index (χ0n) is 3.41. The van der Waals surface area contributed by atoms with E-state index in [2.05, 4.69) is 22.9 Å². The van der Waals surface area contributed by atoms with E-state index in [4.69, 9.17) is 0 Å². The maximum atomic E-state index is 3.06. The molecule has 28 valence electrons. The number of hydrogen-bond acceptors (Lipinski definition) is 0. The van der Waals surface area contributed by atoms with Crippen molar-refractivity contribution in [3.8, 4) is 22.9 Å². The van der Waals surface area contributed by atoms with Crippen LogP contribution in [0.3, 0.4) is 0 Å². The summed E-state index contributed by atoms with van der Waals surface area (Å²) in [6.45, 7) is 0. The molecule has 2 heteroatoms. The minimum Gasteiger partial charge on any atom is -0.128 e. The highest BCUT2D eigenvalue weighted by atomic mass is 29.1. The first-order chi connectivity index (χ1) is 3.00. The Morgan fingerprint density at radius 2 is 1.33 bits per heavy atom. The molecule has 0 unspecified atom stereocenters. The Morgan fingerprint density at radius 3 is 1.50 bits per heavy atom. The monoisotopic (exact) mass is 108 g/mol. The summed E-state index contributed by atoms with van der Waals surface area (Å²) in [6.07, 6.45) is 0. The minimum atomic E-state index is 0.113. The summed E-state index contributed by atoms with van der Waals surface area (Å²) in [7, 11) is 0.225. The van der Waals surface area contributed by atoms with E-state index in [1.165, 1.54) is 0 Å². The summed E-state index contributed by atoms with van der Waals surface area (Å²) < 4.78 is 0. The predicted octanol–water partition coefficient (Wildman–Crippen LogP) is -1.83. The fourth-order valence-electron chi connectivity index (χ4n) is 0.338. The molecule has 1 rings (SSSR count). The zero-order valence-corrected chi connectivity index (χ0v) is 6.24. The molecule has 6 heavy (non-hydrogen) atoms. The van der Waals surface area contributed by atoms with Crippen molar-refractivity contribution in [3.63, 3.8) is 0 Å². The van der Waals surface area contributed by atoms with Gasteiger partial charge in [-0.15, -0.1) is 11.1 Å². The summed E-state index contributed by atoms with van der Waals surface area (Å²) >= 11 is 0. The molecule has 0 aromatic heterocycles. The standard InChI is InChI=1S/C4H4Si2/c1-2-4-6-5-3-1/h5-6H2. The fourth-order valence-corrected chi connectivity index (χ4v) is 2.52. The second-order valence-corrected chi connectivity index (χ2v) is 5.81. The van der Waals surface area contributed by atoms with Gasteiger partial charge in [-0.3, -0.25) is 0 Å². The van der Waals surface area contributed by atoms with E-state index in [0.717, 1.165) is 0 Å². The molecule has 1 aliphatic rings. The fraction of sp³-hybridized carbons (Fsp3) is 0. The van der Waals surface area contributed by atoms with Gasteiger partial charge in [0, 0.05) is 0 Å². The molecule has 0 radical (unpaired) electrons. The van der Waals surface area contributed by atoms with Gasteiger partial charge in [-0.2, -0.15) is 0 Å². The first-order valence-corrected chi connectivity index (χ1v) is 7.37. The normalized spacial score (nSPS) is 21.3. The van der Waals surface area contributed by atoms with Crippen molar-refractivity contribution in [2.24, 2.45) is 0 Å². The molecule has 0 N–H and O–H groups in total. The van der Waals surface area contributed by atoms with Crippen molar-refractivity contribution < 1.29 is 0 Å². The van der Waals surface area contributed by atoms with Crippen LogP contribution < -0.4 is 0 Å². The zero-order chi connectivity index (χ0) is 4.24. The third-order valence-corrected chi connectivity index (χ3v) is 3.97. The number of hydrogen-bond donors (Lipinski definition) is 0. The Morgan fingerprint density at radius 1 is 0.833 bits per heavy atom. The molecule has 0 saturated carbocycles. The molecule has 0 bridgehead atoms. The van der Waals surface area contributed by atoms with Crippen molar-refractivity contribution in [1.82, 2.24) is 0 Å². The van der Waals surface area contributed by atoms with E-state index in [0.29, 0.717) is 0 Å². The molecule has 1 heterocycles. The molecule has 0 aromatic carbocycles. The van der Waals surface area contributed by atoms with Gasteiger partial charge in [0.2, 0.25) is 0 Å². The third-order valence-electron chi connectivity index (χ3n) is 0.614. The van der Waals surface area contributed by atoms with E-state index in [1.807, 2.05) is 0 Å². The van der Waals surface area contributed by atoms with Gasteiger partial charge in [-0.25, -0.2) is 0 Å². The van der Waals surface area contributed by atoms with Gasteiger partial charge in [0.05, 0.1) is 0 Å². The van der Waals surface area contributed by atoms with Crippen LogP contribution in [0.5, 0.6) is 0 Å². The third kappa shape index (κ3) is 0.751. The van der Waals surface area contributed by atoms with Gasteiger partial charge in [0.1, 0.15) is 18.1 Å². The maximum absolute atomic E-state index is 3.06. The minimum absolute atomic E-state index is 0.113. The van der Waals surface area contributed by atoms with Crippen LogP contribution in [0.2, 0.25) is 0 Å². The molecule has 0 fully saturated rings. The molecule has 0 spiro atoms. The van der Waals surface area contributed by atoms with Crippen LogP contribution in [0.15, 0.2) is 0 Å². The van der Waals surface area contributed by atoms with Crippen LogP contribution >= 0.6 is 0 Å². The summed E-state index contributed by atoms with van der Waals surface area (Å²) in [4.78, 5) is 0. The Kier molecular flexibility index (Phi) is 1.16. The second kappa shape index (κ2) is 1.86. The van der Waals surface area contributed by atoms with E-state index < -0.39 is 0 Å². The average molecular weight is 108 g/mol. The quantitative estimate of drug-likeness (QED) is 0.253. The van der Waals surface area contributed by atoms with E-state index in [9.17, 15) is 0 Å². The van der Waals surface area contributed by atoms with Gasteiger partial charge in [0.25, 0.3) is 0 Å². The predicted molar refractivity (Wildman–Crippen MR) is 32.6 cm³/mol. The molecule has 0 nitrogen and oxygen atoms in total. The first-order valence-electron chi connectivity index (χ1n) is 1.96. The highest BCUT2D eigenvalue weighted by Gasteiger charge is 1.78. The Hall–Kier alpha value is -0.446. The van der Waals surface area contributed by atoms with Crippen LogP contribution in [0.4, 0.5) is 0 Å². The van der Waals surface area contributed by atoms with Crippen LogP contribution in [-0.4, -0.2) is 18.1 Å². The Labute approximate surface area is 41.8 Å². The Balaban J connectivity index is 2.67. The lowest BCUT2D eigenvalue weighted by atomic mass is 10.7. The maximum Gasteiger partial charge on any atom is 0.108 e. The summed E-state index contributed by atoms with van der Waals surface area (Å²) in [5.41, 5.74) is 6.12. The molecule has 0 atom stereocenters. The van der Waals surface area contributed by atoms with Crippen LogP contribution in [0.1, 0.15) is 0 Å².